The standard InChI is InChI=1S/C14H20BrN/c1-12(6-8-15)7-9-16-10-13-4-2-3-5-14(13)11-16/h2-5,12H,6-11H2,1H3. The number of hydrogen-bond acceptors (Lipinski definition) is 1. The van der Waals surface area contributed by atoms with E-state index in [0.29, 0.717) is 0 Å². The third-order valence-corrected chi connectivity index (χ3v) is 3.90. The van der Waals surface area contributed by atoms with E-state index in [4.69, 9.17) is 0 Å². The van der Waals surface area contributed by atoms with Gasteiger partial charge in [0.1, 0.15) is 0 Å². The lowest BCUT2D eigenvalue weighted by molar-refractivity contribution is 0.261. The molecule has 1 atom stereocenters. The molecule has 16 heavy (non-hydrogen) atoms. The van der Waals surface area contributed by atoms with Crippen molar-refractivity contribution in [1.29, 1.82) is 0 Å². The molecule has 1 aliphatic heterocycles. The zero-order valence-electron chi connectivity index (χ0n) is 9.95. The molecule has 2 heteroatoms. The molecule has 0 spiro atoms. The molecule has 0 radical (unpaired) electrons. The third-order valence-electron chi connectivity index (χ3n) is 3.45. The first kappa shape index (κ1) is 12.1. The van der Waals surface area contributed by atoms with Gasteiger partial charge in [0, 0.05) is 18.4 Å². The van der Waals surface area contributed by atoms with Crippen LogP contribution >= 0.6 is 15.9 Å². The second-order valence-electron chi connectivity index (χ2n) is 4.85. The van der Waals surface area contributed by atoms with Gasteiger partial charge in [-0.2, -0.15) is 0 Å². The summed E-state index contributed by atoms with van der Waals surface area (Å²) in [7, 11) is 0. The van der Waals surface area contributed by atoms with Crippen LogP contribution in [-0.2, 0) is 13.1 Å². The number of rotatable bonds is 5. The van der Waals surface area contributed by atoms with Gasteiger partial charge in [0.05, 0.1) is 0 Å². The Labute approximate surface area is 107 Å². The molecule has 0 N–H and O–H groups in total. The van der Waals surface area contributed by atoms with Crippen LogP contribution in [0.25, 0.3) is 0 Å². The normalized spacial score (nSPS) is 17.4. The van der Waals surface area contributed by atoms with Crippen molar-refractivity contribution in [2.45, 2.75) is 32.9 Å². The summed E-state index contributed by atoms with van der Waals surface area (Å²) in [6, 6.07) is 8.82. The van der Waals surface area contributed by atoms with Crippen molar-refractivity contribution < 1.29 is 0 Å². The molecule has 2 rings (SSSR count). The molecule has 1 nitrogen and oxygen atoms in total. The maximum atomic E-state index is 3.51. The first-order valence-corrected chi connectivity index (χ1v) is 7.27. The largest absolute Gasteiger partial charge is 0.295 e. The van der Waals surface area contributed by atoms with Gasteiger partial charge in [-0.25, -0.2) is 0 Å². The third kappa shape index (κ3) is 3.08. The number of nitrogens with zero attached hydrogens (tertiary/aromatic N) is 1. The van der Waals surface area contributed by atoms with Crippen molar-refractivity contribution in [2.24, 2.45) is 5.92 Å². The highest BCUT2D eigenvalue weighted by Gasteiger charge is 2.17. The summed E-state index contributed by atoms with van der Waals surface area (Å²) in [4.78, 5) is 2.56. The fraction of sp³-hybridized carbons (Fsp3) is 0.571. The first-order chi connectivity index (χ1) is 7.79. The quantitative estimate of drug-likeness (QED) is 0.742. The number of benzene rings is 1. The van der Waals surface area contributed by atoms with E-state index in [1.807, 2.05) is 0 Å². The van der Waals surface area contributed by atoms with Gasteiger partial charge in [-0.15, -0.1) is 0 Å². The molecule has 0 aliphatic carbocycles. The van der Waals surface area contributed by atoms with E-state index in [2.05, 4.69) is 52.0 Å². The Hall–Kier alpha value is -0.340. The molecule has 0 fully saturated rings. The van der Waals surface area contributed by atoms with Gasteiger partial charge >= 0.3 is 0 Å². The van der Waals surface area contributed by atoms with Crippen LogP contribution in [0.1, 0.15) is 30.9 Å². The van der Waals surface area contributed by atoms with E-state index in [0.717, 1.165) is 24.3 Å². The van der Waals surface area contributed by atoms with Gasteiger partial charge in [-0.1, -0.05) is 47.1 Å². The van der Waals surface area contributed by atoms with Crippen LogP contribution in [0.3, 0.4) is 0 Å². The summed E-state index contributed by atoms with van der Waals surface area (Å²) in [5, 5.41) is 1.13. The molecule has 0 saturated carbocycles. The minimum absolute atomic E-state index is 0.836. The summed E-state index contributed by atoms with van der Waals surface area (Å²) in [5.41, 5.74) is 3.05. The Morgan fingerprint density at radius 2 is 1.81 bits per heavy atom. The molecular weight excluding hydrogens is 262 g/mol. The van der Waals surface area contributed by atoms with E-state index in [1.54, 1.807) is 0 Å². The molecular formula is C14H20BrN. The fourth-order valence-electron chi connectivity index (χ4n) is 2.30. The predicted octanol–water partition coefficient (Wildman–Crippen LogP) is 3.81. The number of hydrogen-bond donors (Lipinski definition) is 0. The van der Waals surface area contributed by atoms with Crippen molar-refractivity contribution in [3.63, 3.8) is 0 Å². The lowest BCUT2D eigenvalue weighted by Crippen LogP contribution is -2.19. The van der Waals surface area contributed by atoms with Gasteiger partial charge in [0.25, 0.3) is 0 Å². The molecule has 88 valence electrons. The smallest absolute Gasteiger partial charge is 0.0240 e. The Morgan fingerprint density at radius 1 is 1.19 bits per heavy atom. The molecule has 1 aromatic carbocycles. The average Bonchev–Trinajstić information content (AvgIpc) is 2.69. The highest BCUT2D eigenvalue weighted by atomic mass is 79.9. The molecule has 0 amide bonds. The monoisotopic (exact) mass is 281 g/mol. The van der Waals surface area contributed by atoms with E-state index in [-0.39, 0.29) is 0 Å². The summed E-state index contributed by atoms with van der Waals surface area (Å²) < 4.78 is 0. The molecule has 0 bridgehead atoms. The molecule has 1 aliphatic rings. The zero-order valence-corrected chi connectivity index (χ0v) is 11.5. The van der Waals surface area contributed by atoms with Gasteiger partial charge in [0.2, 0.25) is 0 Å². The number of alkyl halides is 1. The average molecular weight is 282 g/mol. The Kier molecular flexibility index (Phi) is 4.42. The molecule has 1 aromatic rings. The van der Waals surface area contributed by atoms with Crippen LogP contribution in [0, 0.1) is 5.92 Å². The van der Waals surface area contributed by atoms with Crippen LogP contribution in [0.15, 0.2) is 24.3 Å². The van der Waals surface area contributed by atoms with Crippen molar-refractivity contribution in [2.75, 3.05) is 11.9 Å². The highest BCUT2D eigenvalue weighted by molar-refractivity contribution is 9.09. The van der Waals surface area contributed by atoms with Gasteiger partial charge in [0.15, 0.2) is 0 Å². The maximum absolute atomic E-state index is 3.51. The van der Waals surface area contributed by atoms with Crippen LogP contribution < -0.4 is 0 Å². The van der Waals surface area contributed by atoms with Gasteiger partial charge < -0.3 is 0 Å². The van der Waals surface area contributed by atoms with Crippen LogP contribution in [0.4, 0.5) is 0 Å². The van der Waals surface area contributed by atoms with Gasteiger partial charge in [-0.3, -0.25) is 4.90 Å². The van der Waals surface area contributed by atoms with E-state index in [9.17, 15) is 0 Å². The highest BCUT2D eigenvalue weighted by Crippen LogP contribution is 2.23. The summed E-state index contributed by atoms with van der Waals surface area (Å²) in [6.45, 7) is 5.89. The zero-order chi connectivity index (χ0) is 11.4. The van der Waals surface area contributed by atoms with Crippen molar-refractivity contribution in [3.05, 3.63) is 35.4 Å². The first-order valence-electron chi connectivity index (χ1n) is 6.14. The SMILES string of the molecule is CC(CCBr)CCN1Cc2ccccc2C1. The topological polar surface area (TPSA) is 3.24 Å². The van der Waals surface area contributed by atoms with Crippen LogP contribution in [-0.4, -0.2) is 16.8 Å². The van der Waals surface area contributed by atoms with E-state index >= 15 is 0 Å². The van der Waals surface area contributed by atoms with Crippen molar-refractivity contribution in [1.82, 2.24) is 4.90 Å². The van der Waals surface area contributed by atoms with Gasteiger partial charge in [-0.05, 0) is 36.4 Å². The Morgan fingerprint density at radius 3 is 2.38 bits per heavy atom. The van der Waals surface area contributed by atoms with Crippen molar-refractivity contribution >= 4 is 15.9 Å². The lowest BCUT2D eigenvalue weighted by atomic mass is 10.1. The Bertz CT molecular complexity index is 312. The lowest BCUT2D eigenvalue weighted by Gasteiger charge is -2.17. The minimum atomic E-state index is 0.836. The molecule has 0 saturated heterocycles. The molecule has 1 unspecified atom stereocenters. The number of halogens is 1. The second-order valence-corrected chi connectivity index (χ2v) is 5.64. The van der Waals surface area contributed by atoms with E-state index < -0.39 is 0 Å². The van der Waals surface area contributed by atoms with Crippen LogP contribution in [0.5, 0.6) is 0 Å². The predicted molar refractivity (Wildman–Crippen MR) is 72.7 cm³/mol. The summed E-state index contributed by atoms with van der Waals surface area (Å²) in [5.74, 6) is 0.836. The Balaban J connectivity index is 1.79. The second kappa shape index (κ2) is 5.83. The van der Waals surface area contributed by atoms with E-state index in [1.165, 1.54) is 30.5 Å². The summed E-state index contributed by atoms with van der Waals surface area (Å²) >= 11 is 3.51. The summed E-state index contributed by atoms with van der Waals surface area (Å²) in [6.07, 6.45) is 2.61. The molecule has 0 aromatic heterocycles. The van der Waals surface area contributed by atoms with Crippen molar-refractivity contribution in [3.8, 4) is 0 Å². The maximum Gasteiger partial charge on any atom is 0.0240 e. The minimum Gasteiger partial charge on any atom is -0.295 e. The van der Waals surface area contributed by atoms with Crippen LogP contribution in [0.2, 0.25) is 0 Å². The fourth-order valence-corrected chi connectivity index (χ4v) is 3.08. The number of fused-ring (bicyclic) bond motifs is 1. The molecule has 1 heterocycles.